The molecule has 0 atom stereocenters. The van der Waals surface area contributed by atoms with E-state index in [0.29, 0.717) is 35.6 Å². The highest BCUT2D eigenvalue weighted by molar-refractivity contribution is 5.64. The average Bonchev–Trinajstić information content (AvgIpc) is 2.89. The summed E-state index contributed by atoms with van der Waals surface area (Å²) in [6, 6.07) is 11.0. The third-order valence-electron chi connectivity index (χ3n) is 5.42. The number of rotatable bonds is 7. The highest BCUT2D eigenvalue weighted by Gasteiger charge is 2.38. The van der Waals surface area contributed by atoms with Crippen LogP contribution in [0.1, 0.15) is 16.7 Å². The normalized spacial score (nSPS) is 11.0. The van der Waals surface area contributed by atoms with Gasteiger partial charge in [0.15, 0.2) is 17.5 Å². The van der Waals surface area contributed by atoms with Gasteiger partial charge in [0.25, 0.3) is 0 Å². The highest BCUT2D eigenvalue weighted by Crippen LogP contribution is 2.36. The molecule has 10 heteroatoms. The first-order chi connectivity index (χ1) is 19.0. The zero-order valence-electron chi connectivity index (χ0n) is 20.2. The van der Waals surface area contributed by atoms with Crippen LogP contribution in [0.2, 0.25) is 0 Å². The van der Waals surface area contributed by atoms with Crippen molar-refractivity contribution in [2.24, 2.45) is 0 Å². The Labute approximate surface area is 223 Å². The smallest absolute Gasteiger partial charge is 0.429 e. The molecule has 4 aromatic carbocycles. The first-order valence-electron chi connectivity index (χ1n) is 11.3. The molecule has 0 aromatic heterocycles. The Hall–Kier alpha value is -4.78. The van der Waals surface area contributed by atoms with Gasteiger partial charge in [0.05, 0.1) is 11.1 Å². The van der Waals surface area contributed by atoms with E-state index in [9.17, 15) is 35.1 Å². The summed E-state index contributed by atoms with van der Waals surface area (Å²) in [6.07, 6.45) is -2.78. The Morgan fingerprint density at radius 3 is 1.85 bits per heavy atom. The van der Waals surface area contributed by atoms with Crippen LogP contribution in [0, 0.1) is 46.7 Å². The maximum Gasteiger partial charge on any atom is 0.429 e. The molecule has 204 valence electrons. The average molecular weight is 560 g/mol. The van der Waals surface area contributed by atoms with Gasteiger partial charge < -0.3 is 9.47 Å². The van der Waals surface area contributed by atoms with Crippen LogP contribution in [0.15, 0.2) is 79.4 Å². The van der Waals surface area contributed by atoms with E-state index in [-0.39, 0.29) is 12.2 Å². The van der Waals surface area contributed by atoms with Crippen LogP contribution < -0.4 is 9.47 Å². The van der Waals surface area contributed by atoms with E-state index in [1.165, 1.54) is 6.07 Å². The van der Waals surface area contributed by atoms with Crippen LogP contribution in [-0.2, 0) is 6.11 Å². The summed E-state index contributed by atoms with van der Waals surface area (Å²) in [5.74, 6) is -5.55. The molecule has 0 amide bonds. The Bertz CT molecular complexity index is 1590. The SMILES string of the molecule is C=CCOc1ccc(-c2ccc(C(F)(F)Oc3cc(F)c(C#Cc4cc(F)c(F)c(F)c4)c(F)c3)c(F)c2)cc1. The van der Waals surface area contributed by atoms with Crippen molar-refractivity contribution in [3.8, 4) is 34.5 Å². The number of hydrogen-bond donors (Lipinski definition) is 0. The summed E-state index contributed by atoms with van der Waals surface area (Å²) in [5.41, 5.74) is -1.77. The summed E-state index contributed by atoms with van der Waals surface area (Å²) >= 11 is 0. The van der Waals surface area contributed by atoms with Crippen LogP contribution in [0.3, 0.4) is 0 Å². The molecule has 0 aliphatic carbocycles. The predicted molar refractivity (Wildman–Crippen MR) is 131 cm³/mol. The zero-order valence-corrected chi connectivity index (χ0v) is 20.2. The number of ether oxygens (including phenoxy) is 2. The standard InChI is InChI=1S/C30H16F8O2/c1-2-11-39-20-7-4-18(5-8-20)19-6-10-23(26(33)14-19)30(37,38)40-21-15-24(31)22(25(32)16-21)9-3-17-12-27(34)29(36)28(35)13-17/h2,4-8,10,12-16H,1,11H2. The van der Waals surface area contributed by atoms with Gasteiger partial charge >= 0.3 is 6.11 Å². The van der Waals surface area contributed by atoms with Crippen LogP contribution in [-0.4, -0.2) is 6.61 Å². The van der Waals surface area contributed by atoms with Crippen molar-refractivity contribution in [3.63, 3.8) is 0 Å². The fraction of sp³-hybridized carbons (Fsp3) is 0.0667. The summed E-state index contributed by atoms with van der Waals surface area (Å²) < 4.78 is 123. The van der Waals surface area contributed by atoms with Crippen molar-refractivity contribution < 1.29 is 44.6 Å². The Morgan fingerprint density at radius 2 is 1.27 bits per heavy atom. The minimum Gasteiger partial charge on any atom is -0.490 e. The lowest BCUT2D eigenvalue weighted by atomic mass is 10.0. The van der Waals surface area contributed by atoms with Gasteiger partial charge in [-0.2, -0.15) is 8.78 Å². The number of hydrogen-bond acceptors (Lipinski definition) is 2. The Balaban J connectivity index is 1.54. The number of halogens is 8. The largest absolute Gasteiger partial charge is 0.490 e. The van der Waals surface area contributed by atoms with Crippen LogP contribution in [0.4, 0.5) is 35.1 Å². The second-order valence-corrected chi connectivity index (χ2v) is 8.20. The van der Waals surface area contributed by atoms with Crippen molar-refractivity contribution in [1.29, 1.82) is 0 Å². The fourth-order valence-corrected chi connectivity index (χ4v) is 3.52. The summed E-state index contributed by atoms with van der Waals surface area (Å²) in [5, 5.41) is 0. The molecule has 0 bridgehead atoms. The first kappa shape index (κ1) is 28.2. The molecular formula is C30H16F8O2. The molecule has 4 aromatic rings. The summed E-state index contributed by atoms with van der Waals surface area (Å²) in [4.78, 5) is 0. The predicted octanol–water partition coefficient (Wildman–Crippen LogP) is 8.28. The Kier molecular flexibility index (Phi) is 8.14. The minimum atomic E-state index is -4.33. The lowest BCUT2D eigenvalue weighted by Crippen LogP contribution is -2.23. The second-order valence-electron chi connectivity index (χ2n) is 8.20. The monoisotopic (exact) mass is 560 g/mol. The van der Waals surface area contributed by atoms with Gasteiger partial charge in [-0.25, -0.2) is 26.3 Å². The number of alkyl halides is 2. The van der Waals surface area contributed by atoms with Crippen molar-refractivity contribution in [2.75, 3.05) is 6.61 Å². The van der Waals surface area contributed by atoms with Gasteiger partial charge in [-0.05, 0) is 47.5 Å². The van der Waals surface area contributed by atoms with E-state index in [2.05, 4.69) is 17.2 Å². The fourth-order valence-electron chi connectivity index (χ4n) is 3.52. The molecule has 0 radical (unpaired) electrons. The maximum absolute atomic E-state index is 14.8. The van der Waals surface area contributed by atoms with E-state index in [4.69, 9.17) is 4.74 Å². The summed E-state index contributed by atoms with van der Waals surface area (Å²) in [6.45, 7) is 3.81. The molecule has 2 nitrogen and oxygen atoms in total. The van der Waals surface area contributed by atoms with Gasteiger partial charge in [-0.1, -0.05) is 42.7 Å². The molecule has 0 aliphatic rings. The van der Waals surface area contributed by atoms with Gasteiger partial charge in [-0.3, -0.25) is 0 Å². The third kappa shape index (κ3) is 6.26. The lowest BCUT2D eigenvalue weighted by Gasteiger charge is -2.19. The molecule has 0 N–H and O–H groups in total. The molecule has 0 saturated carbocycles. The van der Waals surface area contributed by atoms with Gasteiger partial charge in [-0.15, -0.1) is 0 Å². The van der Waals surface area contributed by atoms with Gasteiger partial charge in [0, 0.05) is 17.7 Å². The summed E-state index contributed by atoms with van der Waals surface area (Å²) in [7, 11) is 0. The van der Waals surface area contributed by atoms with Gasteiger partial charge in [0.2, 0.25) is 0 Å². The van der Waals surface area contributed by atoms with E-state index in [1.54, 1.807) is 30.3 Å². The van der Waals surface area contributed by atoms with E-state index in [0.717, 1.165) is 12.1 Å². The highest BCUT2D eigenvalue weighted by atomic mass is 19.3. The quantitative estimate of drug-likeness (QED) is 0.0981. The molecular weight excluding hydrogens is 544 g/mol. The van der Waals surface area contributed by atoms with Crippen molar-refractivity contribution >= 4 is 0 Å². The topological polar surface area (TPSA) is 18.5 Å². The van der Waals surface area contributed by atoms with E-state index in [1.807, 2.05) is 5.92 Å². The lowest BCUT2D eigenvalue weighted by molar-refractivity contribution is -0.187. The molecule has 40 heavy (non-hydrogen) atoms. The molecule has 0 unspecified atom stereocenters. The van der Waals surface area contributed by atoms with Gasteiger partial charge in [0.1, 0.15) is 35.6 Å². The van der Waals surface area contributed by atoms with Crippen LogP contribution >= 0.6 is 0 Å². The molecule has 4 rings (SSSR count). The van der Waals surface area contributed by atoms with E-state index >= 15 is 0 Å². The first-order valence-corrected chi connectivity index (χ1v) is 11.3. The molecule has 0 fully saturated rings. The molecule has 0 heterocycles. The third-order valence-corrected chi connectivity index (χ3v) is 5.42. The van der Waals surface area contributed by atoms with Crippen molar-refractivity contribution in [1.82, 2.24) is 0 Å². The van der Waals surface area contributed by atoms with Crippen molar-refractivity contribution in [2.45, 2.75) is 6.11 Å². The zero-order chi connectivity index (χ0) is 29.0. The number of benzene rings is 4. The molecule has 0 spiro atoms. The van der Waals surface area contributed by atoms with Crippen LogP contribution in [0.25, 0.3) is 11.1 Å². The second kappa shape index (κ2) is 11.5. The maximum atomic E-state index is 14.8. The Morgan fingerprint density at radius 1 is 0.675 bits per heavy atom. The molecule has 0 aliphatic heterocycles. The van der Waals surface area contributed by atoms with Crippen LogP contribution in [0.5, 0.6) is 11.5 Å². The minimum absolute atomic E-state index is 0.272. The van der Waals surface area contributed by atoms with Crippen molar-refractivity contribution in [3.05, 3.63) is 131 Å². The molecule has 0 saturated heterocycles. The van der Waals surface area contributed by atoms with E-state index < -0.39 is 63.5 Å².